The molecular weight excluding hydrogens is 442 g/mol. The number of benzene rings is 1. The summed E-state index contributed by atoms with van der Waals surface area (Å²) in [6.45, 7) is 2.60. The van der Waals surface area contributed by atoms with E-state index in [-0.39, 0.29) is 24.5 Å². The summed E-state index contributed by atoms with van der Waals surface area (Å²) in [5, 5.41) is 20.1. The van der Waals surface area contributed by atoms with E-state index in [2.05, 4.69) is 40.1 Å². The van der Waals surface area contributed by atoms with Gasteiger partial charge in [0.05, 0.1) is 35.9 Å². The first-order valence-electron chi connectivity index (χ1n) is 11.5. The monoisotopic (exact) mass is 467 g/mol. The fraction of sp³-hybridized carbons (Fsp3) is 0.231. The molecule has 2 unspecified atom stereocenters. The Morgan fingerprint density at radius 1 is 1.17 bits per heavy atom. The number of nitrogens with zero attached hydrogens (tertiary/aromatic N) is 7. The van der Waals surface area contributed by atoms with Gasteiger partial charge in [-0.2, -0.15) is 15.2 Å². The number of fused-ring (bicyclic) bond motifs is 3. The maximum atomic E-state index is 13.5. The van der Waals surface area contributed by atoms with Crippen LogP contribution in [0.3, 0.4) is 0 Å². The molecule has 0 saturated heterocycles. The fourth-order valence-electron chi connectivity index (χ4n) is 4.99. The Hall–Kier alpha value is -4.24. The zero-order valence-electron chi connectivity index (χ0n) is 19.5. The number of aliphatic hydroxyl groups excluding tert-OH is 1. The molecule has 2 aromatic heterocycles. The Morgan fingerprint density at radius 2 is 2.00 bits per heavy atom. The van der Waals surface area contributed by atoms with Crippen molar-refractivity contribution in [2.45, 2.75) is 26.1 Å². The van der Waals surface area contributed by atoms with Crippen molar-refractivity contribution in [3.05, 3.63) is 95.9 Å². The molecule has 1 aliphatic carbocycles. The molecule has 0 fully saturated rings. The van der Waals surface area contributed by atoms with Crippen LogP contribution in [0.2, 0.25) is 0 Å². The van der Waals surface area contributed by atoms with Crippen molar-refractivity contribution in [1.82, 2.24) is 24.2 Å². The van der Waals surface area contributed by atoms with Crippen LogP contribution in [0, 0.1) is 5.92 Å². The quantitative estimate of drug-likeness (QED) is 0.623. The Labute approximate surface area is 202 Å². The third-order valence-corrected chi connectivity index (χ3v) is 6.77. The summed E-state index contributed by atoms with van der Waals surface area (Å²) < 4.78 is 3.53. The normalized spacial score (nSPS) is 21.0. The minimum absolute atomic E-state index is 0.0575. The van der Waals surface area contributed by atoms with Crippen molar-refractivity contribution in [2.75, 3.05) is 5.01 Å². The third-order valence-electron chi connectivity index (χ3n) is 6.77. The number of carbonyl (C=O) groups excluding carboxylic acids is 1. The van der Waals surface area contributed by atoms with Gasteiger partial charge in [-0.1, -0.05) is 37.3 Å². The zero-order chi connectivity index (χ0) is 24.1. The van der Waals surface area contributed by atoms with Crippen LogP contribution in [0.5, 0.6) is 0 Å². The number of imidazole rings is 1. The lowest BCUT2D eigenvalue weighted by Gasteiger charge is -2.40. The summed E-state index contributed by atoms with van der Waals surface area (Å²) in [6, 6.07) is 10.2. The van der Waals surface area contributed by atoms with Crippen LogP contribution >= 0.6 is 0 Å². The number of anilines is 1. The molecule has 6 rings (SSSR count). The van der Waals surface area contributed by atoms with Gasteiger partial charge in [0.25, 0.3) is 5.91 Å². The molecule has 0 bridgehead atoms. The number of hydrazone groups is 1. The van der Waals surface area contributed by atoms with E-state index < -0.39 is 0 Å². The molecular formula is C26H25N7O2. The van der Waals surface area contributed by atoms with Gasteiger partial charge in [0.2, 0.25) is 0 Å². The number of hydrogen-bond donors (Lipinski definition) is 1. The summed E-state index contributed by atoms with van der Waals surface area (Å²) in [4.78, 5) is 20.0. The maximum absolute atomic E-state index is 13.5. The van der Waals surface area contributed by atoms with Crippen LogP contribution in [0.15, 0.2) is 89.7 Å². The van der Waals surface area contributed by atoms with Crippen molar-refractivity contribution in [3.8, 4) is 5.69 Å². The second-order valence-corrected chi connectivity index (χ2v) is 8.99. The molecule has 0 spiro atoms. The van der Waals surface area contributed by atoms with Crippen LogP contribution in [0.25, 0.3) is 5.69 Å². The first-order valence-corrected chi connectivity index (χ1v) is 11.5. The largest absolute Gasteiger partial charge is 0.390 e. The van der Waals surface area contributed by atoms with Crippen LogP contribution in [-0.4, -0.2) is 47.0 Å². The Morgan fingerprint density at radius 3 is 2.74 bits per heavy atom. The average Bonchev–Trinajstić information content (AvgIpc) is 3.60. The molecule has 4 heterocycles. The van der Waals surface area contributed by atoms with E-state index in [1.54, 1.807) is 24.1 Å². The van der Waals surface area contributed by atoms with Gasteiger partial charge in [-0.25, -0.2) is 9.67 Å². The number of aryl methyl sites for hydroxylation is 1. The molecule has 2 atom stereocenters. The second kappa shape index (κ2) is 8.21. The molecule has 35 heavy (non-hydrogen) atoms. The molecule has 0 radical (unpaired) electrons. The number of allylic oxidation sites excluding steroid dienone is 2. The topological polar surface area (TPSA) is 91.8 Å². The molecule has 3 aromatic rings. The Balaban J connectivity index is 1.36. The van der Waals surface area contributed by atoms with E-state index in [4.69, 9.17) is 5.10 Å². The van der Waals surface area contributed by atoms with Gasteiger partial charge in [0, 0.05) is 37.8 Å². The molecule has 3 aliphatic rings. The molecule has 1 N–H and O–H groups in total. The third kappa shape index (κ3) is 3.43. The van der Waals surface area contributed by atoms with Crippen molar-refractivity contribution >= 4 is 17.4 Å². The fourth-order valence-corrected chi connectivity index (χ4v) is 4.99. The van der Waals surface area contributed by atoms with E-state index in [1.165, 1.54) is 5.01 Å². The van der Waals surface area contributed by atoms with Crippen LogP contribution in [0.4, 0.5) is 5.82 Å². The number of aromatic nitrogens is 4. The number of hydrogen-bond acceptors (Lipinski definition) is 6. The van der Waals surface area contributed by atoms with E-state index >= 15 is 0 Å². The van der Waals surface area contributed by atoms with Crippen molar-refractivity contribution in [1.29, 1.82) is 0 Å². The van der Waals surface area contributed by atoms with Crippen LogP contribution in [-0.2, 0) is 25.0 Å². The number of aliphatic hydroxyl groups is 1. The van der Waals surface area contributed by atoms with Gasteiger partial charge in [0.1, 0.15) is 5.71 Å². The highest BCUT2D eigenvalue weighted by molar-refractivity contribution is 6.36. The highest BCUT2D eigenvalue weighted by atomic mass is 16.3. The van der Waals surface area contributed by atoms with E-state index in [1.807, 2.05) is 47.4 Å². The minimum atomic E-state index is -0.242. The van der Waals surface area contributed by atoms with Crippen molar-refractivity contribution in [2.24, 2.45) is 18.1 Å². The van der Waals surface area contributed by atoms with Gasteiger partial charge in [0.15, 0.2) is 5.82 Å². The molecule has 1 aromatic carbocycles. The smallest absolute Gasteiger partial charge is 0.283 e. The molecule has 0 saturated carbocycles. The average molecular weight is 468 g/mol. The van der Waals surface area contributed by atoms with Gasteiger partial charge >= 0.3 is 0 Å². The first-order chi connectivity index (χ1) is 17.0. The van der Waals surface area contributed by atoms with Gasteiger partial charge in [-0.3, -0.25) is 4.79 Å². The summed E-state index contributed by atoms with van der Waals surface area (Å²) in [6.07, 6.45) is 13.4. The minimum Gasteiger partial charge on any atom is -0.390 e. The first kappa shape index (κ1) is 21.3. The highest BCUT2D eigenvalue weighted by Gasteiger charge is 2.43. The van der Waals surface area contributed by atoms with Crippen molar-refractivity contribution < 1.29 is 9.90 Å². The Bertz CT molecular complexity index is 1410. The van der Waals surface area contributed by atoms with Crippen LogP contribution in [0.1, 0.15) is 18.2 Å². The number of amides is 1. The van der Waals surface area contributed by atoms with Gasteiger partial charge in [-0.15, -0.1) is 0 Å². The predicted octanol–water partition coefficient (Wildman–Crippen LogP) is 2.70. The maximum Gasteiger partial charge on any atom is 0.283 e. The van der Waals surface area contributed by atoms with Gasteiger partial charge in [-0.05, 0) is 29.7 Å². The zero-order valence-corrected chi connectivity index (χ0v) is 19.5. The molecule has 9 heteroatoms. The summed E-state index contributed by atoms with van der Waals surface area (Å²) >= 11 is 0. The lowest BCUT2D eigenvalue weighted by Crippen LogP contribution is -2.44. The number of rotatable bonds is 5. The van der Waals surface area contributed by atoms with Gasteiger partial charge < -0.3 is 14.6 Å². The molecule has 176 valence electrons. The van der Waals surface area contributed by atoms with Crippen LogP contribution < -0.4 is 5.01 Å². The number of carbonyl (C=O) groups is 1. The molecule has 1 amide bonds. The van der Waals surface area contributed by atoms with Crippen molar-refractivity contribution in [3.63, 3.8) is 0 Å². The van der Waals surface area contributed by atoms with E-state index in [0.717, 1.165) is 16.8 Å². The molecule has 9 nitrogen and oxygen atoms in total. The van der Waals surface area contributed by atoms with E-state index in [0.29, 0.717) is 29.3 Å². The highest BCUT2D eigenvalue weighted by Crippen LogP contribution is 2.38. The summed E-state index contributed by atoms with van der Waals surface area (Å²) in [5.74, 6) is 0.361. The summed E-state index contributed by atoms with van der Waals surface area (Å²) in [7, 11) is 1.79. The van der Waals surface area contributed by atoms with E-state index in [9.17, 15) is 9.90 Å². The summed E-state index contributed by atoms with van der Waals surface area (Å²) in [5.41, 5.74) is 4.90. The lowest BCUT2D eigenvalue weighted by molar-refractivity contribution is -0.114. The standard InChI is InChI=1S/C26H25N7O2/c1-17-5-3-6-20-23-21(26(35)33(29-23)25-22(15-34)30(2)16-27-25)14-31(24(17)20)13-18-7-9-19(10-8-18)32-12-4-11-28-32/h3-12,14,16-17,24,34H,13,15H2,1-2H3. The molecule has 2 aliphatic heterocycles. The lowest BCUT2D eigenvalue weighted by atomic mass is 9.81. The second-order valence-electron chi connectivity index (χ2n) is 8.99. The predicted molar refractivity (Wildman–Crippen MR) is 131 cm³/mol. The Kier molecular flexibility index (Phi) is 5.00. The SMILES string of the molecule is CC1C=CC=C2C3=NN(c4ncn(C)c4CO)C(=O)C3=CN(Cc3ccc(-n4cccn4)cc3)C21.